The summed E-state index contributed by atoms with van der Waals surface area (Å²) in [5.74, 6) is -3.03. The van der Waals surface area contributed by atoms with E-state index in [0.717, 1.165) is 4.47 Å². The van der Waals surface area contributed by atoms with E-state index in [1.807, 2.05) is 0 Å². The number of rotatable bonds is 3. The molecule has 0 saturated heterocycles. The Kier molecular flexibility index (Phi) is 2.68. The third kappa shape index (κ3) is 1.81. The maximum Gasteiger partial charge on any atom is 0.296 e. The zero-order valence-corrected chi connectivity index (χ0v) is 9.62. The summed E-state index contributed by atoms with van der Waals surface area (Å²) >= 11 is 3.19. The van der Waals surface area contributed by atoms with Crippen LogP contribution in [0.4, 0.5) is 8.78 Å². The molecule has 0 aliphatic heterocycles. The Morgan fingerprint density at radius 3 is 2.12 bits per heavy atom. The fourth-order valence-corrected chi connectivity index (χ4v) is 1.71. The van der Waals surface area contributed by atoms with Gasteiger partial charge < -0.3 is 14.9 Å². The smallest absolute Gasteiger partial charge is 0.296 e. The average molecular weight is 295 g/mol. The van der Waals surface area contributed by atoms with E-state index in [1.165, 1.54) is 12.1 Å². The molecule has 0 bridgehead atoms. The van der Waals surface area contributed by atoms with Gasteiger partial charge in [-0.15, -0.1) is 0 Å². The second-order valence-corrected chi connectivity index (χ2v) is 4.62. The molecule has 1 aliphatic carbocycles. The van der Waals surface area contributed by atoms with Crippen LogP contribution in [0.2, 0.25) is 0 Å². The second kappa shape index (κ2) is 3.65. The predicted octanol–water partition coefficient (Wildman–Crippen LogP) is 1.92. The van der Waals surface area contributed by atoms with Gasteiger partial charge >= 0.3 is 0 Å². The standard InChI is InChI=1S/C10H9BrF2O3/c11-6-1-3-7(4-2-6)16-9(8(14)15)5-10(9,12)13/h1-4,8,14-15H,5H2. The topological polar surface area (TPSA) is 49.7 Å². The lowest BCUT2D eigenvalue weighted by Crippen LogP contribution is -2.39. The second-order valence-electron chi connectivity index (χ2n) is 3.70. The third-order valence-corrected chi connectivity index (χ3v) is 3.04. The number of halogens is 3. The summed E-state index contributed by atoms with van der Waals surface area (Å²) in [7, 11) is 0. The van der Waals surface area contributed by atoms with Gasteiger partial charge in [0, 0.05) is 4.47 Å². The Labute approximate surface area is 98.8 Å². The number of hydrogen-bond donors (Lipinski definition) is 2. The molecule has 16 heavy (non-hydrogen) atoms. The summed E-state index contributed by atoms with van der Waals surface area (Å²) in [6.07, 6.45) is -2.89. The first-order valence-corrected chi connectivity index (χ1v) is 5.35. The molecule has 1 unspecified atom stereocenters. The van der Waals surface area contributed by atoms with E-state index >= 15 is 0 Å². The van der Waals surface area contributed by atoms with E-state index in [0.29, 0.717) is 0 Å². The molecule has 2 N–H and O–H groups in total. The van der Waals surface area contributed by atoms with E-state index in [4.69, 9.17) is 14.9 Å². The first-order chi connectivity index (χ1) is 7.37. The number of aliphatic hydroxyl groups excluding tert-OH is 1. The highest BCUT2D eigenvalue weighted by Crippen LogP contribution is 2.56. The van der Waals surface area contributed by atoms with E-state index in [2.05, 4.69) is 15.9 Å². The summed E-state index contributed by atoms with van der Waals surface area (Å²) in [5.41, 5.74) is -2.19. The van der Waals surface area contributed by atoms with E-state index < -0.39 is 24.2 Å². The largest absolute Gasteiger partial charge is 0.475 e. The third-order valence-electron chi connectivity index (χ3n) is 2.51. The van der Waals surface area contributed by atoms with Crippen LogP contribution in [0.15, 0.2) is 28.7 Å². The minimum atomic E-state index is -3.20. The summed E-state index contributed by atoms with van der Waals surface area (Å²) in [6.45, 7) is 0. The van der Waals surface area contributed by atoms with Gasteiger partial charge in [-0.2, -0.15) is 0 Å². The lowest BCUT2D eigenvalue weighted by molar-refractivity contribution is -0.159. The first kappa shape index (κ1) is 11.8. The Bertz CT molecular complexity index is 394. The molecule has 6 heteroatoms. The van der Waals surface area contributed by atoms with Crippen LogP contribution in [-0.4, -0.2) is 28.0 Å². The molecule has 0 aromatic heterocycles. The molecule has 0 spiro atoms. The number of hydrogen-bond acceptors (Lipinski definition) is 3. The molecule has 1 aromatic rings. The number of benzene rings is 1. The van der Waals surface area contributed by atoms with Gasteiger partial charge in [-0.25, -0.2) is 8.78 Å². The molecule has 88 valence electrons. The van der Waals surface area contributed by atoms with Gasteiger partial charge in [0.15, 0.2) is 6.29 Å². The zero-order chi connectivity index (χ0) is 12.0. The van der Waals surface area contributed by atoms with Crippen LogP contribution in [0.3, 0.4) is 0 Å². The Morgan fingerprint density at radius 1 is 1.25 bits per heavy atom. The van der Waals surface area contributed by atoms with Crippen molar-refractivity contribution < 1.29 is 23.7 Å². The van der Waals surface area contributed by atoms with Crippen LogP contribution < -0.4 is 4.74 Å². The van der Waals surface area contributed by atoms with Crippen LogP contribution in [0.5, 0.6) is 5.75 Å². The molecular formula is C10H9BrF2O3. The average Bonchev–Trinajstić information content (AvgIpc) is 2.74. The number of aliphatic hydroxyl groups is 2. The highest BCUT2D eigenvalue weighted by molar-refractivity contribution is 9.10. The van der Waals surface area contributed by atoms with Gasteiger partial charge in [-0.05, 0) is 24.3 Å². The fourth-order valence-electron chi connectivity index (χ4n) is 1.44. The quantitative estimate of drug-likeness (QED) is 0.838. The molecule has 1 aromatic carbocycles. The first-order valence-electron chi connectivity index (χ1n) is 4.56. The monoisotopic (exact) mass is 294 g/mol. The van der Waals surface area contributed by atoms with Crippen LogP contribution in [-0.2, 0) is 0 Å². The van der Waals surface area contributed by atoms with Crippen molar-refractivity contribution in [3.05, 3.63) is 28.7 Å². The Balaban J connectivity index is 2.18. The van der Waals surface area contributed by atoms with Gasteiger partial charge in [-0.3, -0.25) is 0 Å². The Hall–Kier alpha value is -0.720. The lowest BCUT2D eigenvalue weighted by Gasteiger charge is -2.20. The van der Waals surface area contributed by atoms with E-state index in [-0.39, 0.29) is 5.75 Å². The van der Waals surface area contributed by atoms with E-state index in [1.54, 1.807) is 12.1 Å². The molecule has 1 saturated carbocycles. The van der Waals surface area contributed by atoms with Crippen LogP contribution in [0.25, 0.3) is 0 Å². The van der Waals surface area contributed by atoms with Crippen molar-refractivity contribution in [1.29, 1.82) is 0 Å². The summed E-state index contributed by atoms with van der Waals surface area (Å²) in [4.78, 5) is 0. The van der Waals surface area contributed by atoms with Crippen molar-refractivity contribution in [2.24, 2.45) is 0 Å². The van der Waals surface area contributed by atoms with Gasteiger partial charge in [0.05, 0.1) is 6.42 Å². The predicted molar refractivity (Wildman–Crippen MR) is 55.3 cm³/mol. The van der Waals surface area contributed by atoms with Gasteiger partial charge in [-0.1, -0.05) is 15.9 Å². The van der Waals surface area contributed by atoms with Crippen molar-refractivity contribution in [2.75, 3.05) is 0 Å². The minimum Gasteiger partial charge on any atom is -0.475 e. The molecule has 0 heterocycles. The molecule has 3 nitrogen and oxygen atoms in total. The van der Waals surface area contributed by atoms with Gasteiger partial charge in [0.25, 0.3) is 5.92 Å². The molecule has 1 atom stereocenters. The highest BCUT2D eigenvalue weighted by Gasteiger charge is 2.78. The van der Waals surface area contributed by atoms with Crippen molar-refractivity contribution >= 4 is 15.9 Å². The maximum absolute atomic E-state index is 13.0. The normalized spacial score (nSPS) is 26.9. The Morgan fingerprint density at radius 2 is 1.75 bits per heavy atom. The van der Waals surface area contributed by atoms with Crippen LogP contribution in [0.1, 0.15) is 6.42 Å². The van der Waals surface area contributed by atoms with Crippen molar-refractivity contribution in [3.63, 3.8) is 0 Å². The fraction of sp³-hybridized carbons (Fsp3) is 0.400. The number of alkyl halides is 2. The number of ether oxygens (including phenoxy) is 1. The van der Waals surface area contributed by atoms with Crippen molar-refractivity contribution in [2.45, 2.75) is 24.2 Å². The maximum atomic E-state index is 13.0. The summed E-state index contributed by atoms with van der Waals surface area (Å²) < 4.78 is 31.8. The molecule has 2 rings (SSSR count). The molecule has 0 amide bonds. The van der Waals surface area contributed by atoms with Gasteiger partial charge in [0.1, 0.15) is 5.75 Å². The summed E-state index contributed by atoms with van der Waals surface area (Å²) in [6, 6.07) is 6.19. The van der Waals surface area contributed by atoms with Gasteiger partial charge in [0.2, 0.25) is 5.60 Å². The SMILES string of the molecule is OC(O)C1(Oc2ccc(Br)cc2)CC1(F)F. The van der Waals surface area contributed by atoms with Crippen LogP contribution in [0, 0.1) is 0 Å². The summed E-state index contributed by atoms with van der Waals surface area (Å²) in [5, 5.41) is 17.9. The minimum absolute atomic E-state index is 0.175. The van der Waals surface area contributed by atoms with Crippen molar-refractivity contribution in [1.82, 2.24) is 0 Å². The molecular weight excluding hydrogens is 286 g/mol. The molecule has 1 fully saturated rings. The molecule has 0 radical (unpaired) electrons. The van der Waals surface area contributed by atoms with E-state index in [9.17, 15) is 8.78 Å². The molecule has 1 aliphatic rings. The van der Waals surface area contributed by atoms with Crippen molar-refractivity contribution in [3.8, 4) is 5.75 Å². The lowest BCUT2D eigenvalue weighted by atomic mass is 10.3. The highest BCUT2D eigenvalue weighted by atomic mass is 79.9. The van der Waals surface area contributed by atoms with Crippen LogP contribution >= 0.6 is 15.9 Å². The zero-order valence-electron chi connectivity index (χ0n) is 8.03.